The summed E-state index contributed by atoms with van der Waals surface area (Å²) in [5.74, 6) is 0. The summed E-state index contributed by atoms with van der Waals surface area (Å²) in [7, 11) is 0. The van der Waals surface area contributed by atoms with Crippen LogP contribution >= 0.6 is 0 Å². The van der Waals surface area contributed by atoms with E-state index < -0.39 is 0 Å². The van der Waals surface area contributed by atoms with Gasteiger partial charge in [-0.3, -0.25) is 0 Å². The van der Waals surface area contributed by atoms with E-state index in [-0.39, 0.29) is 0 Å². The van der Waals surface area contributed by atoms with Crippen molar-refractivity contribution in [1.82, 2.24) is 0 Å². The van der Waals surface area contributed by atoms with Crippen molar-refractivity contribution in [2.75, 3.05) is 9.80 Å². The van der Waals surface area contributed by atoms with E-state index in [9.17, 15) is 0 Å². The Morgan fingerprint density at radius 2 is 0.971 bits per heavy atom. The number of rotatable bonds is 4. The molecule has 4 aromatic heterocycles. The first-order valence-corrected chi connectivity index (χ1v) is 23.4. The minimum Gasteiger partial charge on any atom is -0.456 e. The van der Waals surface area contributed by atoms with E-state index in [2.05, 4.69) is 193 Å². The highest BCUT2D eigenvalue weighted by Gasteiger charge is 2.28. The molecule has 0 spiro atoms. The zero-order valence-corrected chi connectivity index (χ0v) is 37.1. The summed E-state index contributed by atoms with van der Waals surface area (Å²) >= 11 is 0. The molecule has 2 bridgehead atoms. The van der Waals surface area contributed by atoms with Crippen LogP contribution in [0.4, 0.5) is 34.1 Å². The molecule has 6 nitrogen and oxygen atoms in total. The van der Waals surface area contributed by atoms with Crippen molar-refractivity contribution in [1.29, 1.82) is 0 Å². The molecule has 0 atom stereocenters. The van der Waals surface area contributed by atoms with Crippen molar-refractivity contribution < 1.29 is 17.7 Å². The third-order valence-electron chi connectivity index (χ3n) is 14.6. The van der Waals surface area contributed by atoms with Gasteiger partial charge < -0.3 is 27.5 Å². The van der Waals surface area contributed by atoms with Crippen LogP contribution < -0.4 is 9.80 Å². The van der Waals surface area contributed by atoms with E-state index in [1.54, 1.807) is 0 Å². The number of hydrogen-bond donors (Lipinski definition) is 0. The molecule has 15 aromatic rings. The molecule has 0 radical (unpaired) electrons. The molecule has 5 heterocycles. The average Bonchev–Trinajstić information content (AvgIpc) is 4.16. The quantitative estimate of drug-likeness (QED) is 0.175. The standard InChI is InChI=1S/C63H36N2O4/c1-35-12-2-6-16-50(35)64(52-18-10-22-56-60(52)44-14-4-8-20-54(44)66-56)39-25-24-36-30-48-42-26-27-43-49-34-46-38(32-59(49)69-63(43)62(42)68-58(48)31-37(36)28-39)29-40-33-47(46)41-13-3-7-17-51(41)65(40)53-19-11-23-57-61(53)45-15-5-9-21-55(45)67-57/h2-34H,1H3. The smallest absolute Gasteiger partial charge is 0.178 e. The first kappa shape index (κ1) is 36.9. The number of benzene rings is 11. The van der Waals surface area contributed by atoms with E-state index in [0.717, 1.165) is 138 Å². The summed E-state index contributed by atoms with van der Waals surface area (Å²) in [6, 6.07) is 71.2. The number of hydrogen-bond acceptors (Lipinski definition) is 6. The normalized spacial score (nSPS) is 12.7. The molecule has 0 aliphatic carbocycles. The van der Waals surface area contributed by atoms with Gasteiger partial charge in [0.2, 0.25) is 0 Å². The Balaban J connectivity index is 0.858. The molecule has 0 fully saturated rings. The van der Waals surface area contributed by atoms with E-state index in [0.29, 0.717) is 0 Å². The number of nitrogens with zero attached hydrogens (tertiary/aromatic N) is 2. The molecular formula is C63H36N2O4. The molecule has 16 rings (SSSR count). The van der Waals surface area contributed by atoms with Crippen molar-refractivity contribution in [3.05, 3.63) is 206 Å². The van der Waals surface area contributed by atoms with Crippen molar-refractivity contribution in [3.63, 3.8) is 0 Å². The summed E-state index contributed by atoms with van der Waals surface area (Å²) < 4.78 is 26.5. The lowest BCUT2D eigenvalue weighted by atomic mass is 9.90. The van der Waals surface area contributed by atoms with Gasteiger partial charge in [0.05, 0.1) is 27.8 Å². The molecule has 0 saturated carbocycles. The first-order valence-electron chi connectivity index (χ1n) is 23.4. The van der Waals surface area contributed by atoms with Crippen molar-refractivity contribution in [2.24, 2.45) is 0 Å². The van der Waals surface area contributed by atoms with Crippen LogP contribution in [0.25, 0.3) is 120 Å². The number of aryl methyl sites for hydroxylation is 1. The Morgan fingerprint density at radius 3 is 1.77 bits per heavy atom. The van der Waals surface area contributed by atoms with Gasteiger partial charge in [-0.25, -0.2) is 0 Å². The van der Waals surface area contributed by atoms with Gasteiger partial charge in [-0.05, 0) is 149 Å². The maximum absolute atomic E-state index is 6.89. The molecule has 1 aliphatic heterocycles. The van der Waals surface area contributed by atoms with E-state index in [4.69, 9.17) is 17.7 Å². The zero-order valence-electron chi connectivity index (χ0n) is 37.1. The monoisotopic (exact) mass is 884 g/mol. The van der Waals surface area contributed by atoms with E-state index >= 15 is 0 Å². The van der Waals surface area contributed by atoms with Gasteiger partial charge in [-0.1, -0.05) is 91.0 Å². The Hall–Kier alpha value is -9.26. The fourth-order valence-corrected chi connectivity index (χ4v) is 11.5. The van der Waals surface area contributed by atoms with Crippen molar-refractivity contribution in [2.45, 2.75) is 6.92 Å². The fraction of sp³-hybridized carbons (Fsp3) is 0.0159. The second-order valence-electron chi connectivity index (χ2n) is 18.4. The van der Waals surface area contributed by atoms with Crippen LogP contribution in [0.1, 0.15) is 5.56 Å². The summed E-state index contributed by atoms with van der Waals surface area (Å²) in [5.41, 5.74) is 16.7. The van der Waals surface area contributed by atoms with Crippen LogP contribution in [-0.2, 0) is 0 Å². The first-order chi connectivity index (χ1) is 34.1. The second kappa shape index (κ2) is 13.4. The molecule has 11 aromatic carbocycles. The molecule has 0 saturated heterocycles. The van der Waals surface area contributed by atoms with E-state index in [1.165, 1.54) is 22.1 Å². The van der Waals surface area contributed by atoms with Gasteiger partial charge in [0, 0.05) is 54.9 Å². The molecule has 0 N–H and O–H groups in total. The Labute approximate surface area is 393 Å². The second-order valence-corrected chi connectivity index (χ2v) is 18.4. The summed E-state index contributed by atoms with van der Waals surface area (Å²) in [6.45, 7) is 2.17. The predicted molar refractivity (Wildman–Crippen MR) is 284 cm³/mol. The van der Waals surface area contributed by atoms with Gasteiger partial charge in [-0.2, -0.15) is 0 Å². The molecular weight excluding hydrogens is 849 g/mol. The summed E-state index contributed by atoms with van der Waals surface area (Å²) in [6.07, 6.45) is 0. The largest absolute Gasteiger partial charge is 0.456 e. The topological polar surface area (TPSA) is 59.0 Å². The van der Waals surface area contributed by atoms with Gasteiger partial charge in [0.15, 0.2) is 11.2 Å². The summed E-state index contributed by atoms with van der Waals surface area (Å²) in [4.78, 5) is 4.73. The lowest BCUT2D eigenvalue weighted by Gasteiger charge is -2.33. The van der Waals surface area contributed by atoms with Crippen LogP contribution in [0.5, 0.6) is 0 Å². The minimum atomic E-state index is 0.750. The SMILES string of the molecule is Cc1ccccc1N(c1ccc2cc3c(cc2c1)oc1c3ccc2c3cc4c5cc(cc4cc3oc21)N(c1cccc2oc3ccccc3c12)c1ccccc1-5)c1cccc2oc3ccccc3c12. The fourth-order valence-electron chi connectivity index (χ4n) is 11.5. The molecule has 322 valence electrons. The minimum absolute atomic E-state index is 0.750. The van der Waals surface area contributed by atoms with Crippen LogP contribution in [0.15, 0.2) is 218 Å². The van der Waals surface area contributed by atoms with Crippen LogP contribution in [0.2, 0.25) is 0 Å². The molecule has 69 heavy (non-hydrogen) atoms. The highest BCUT2D eigenvalue weighted by Crippen LogP contribution is 2.53. The lowest BCUT2D eigenvalue weighted by Crippen LogP contribution is -2.14. The number of fused-ring (bicyclic) bond motifs is 20. The third-order valence-corrected chi connectivity index (χ3v) is 14.6. The molecule has 1 aliphatic rings. The van der Waals surface area contributed by atoms with Crippen molar-refractivity contribution >= 4 is 143 Å². The average molecular weight is 885 g/mol. The van der Waals surface area contributed by atoms with Crippen LogP contribution in [-0.4, -0.2) is 0 Å². The maximum atomic E-state index is 6.89. The highest BCUT2D eigenvalue weighted by molar-refractivity contribution is 6.23. The number of anilines is 6. The van der Waals surface area contributed by atoms with Crippen LogP contribution in [0, 0.1) is 6.92 Å². The van der Waals surface area contributed by atoms with Crippen LogP contribution in [0.3, 0.4) is 0 Å². The van der Waals surface area contributed by atoms with Gasteiger partial charge in [-0.15, -0.1) is 0 Å². The lowest BCUT2D eigenvalue weighted by molar-refractivity contribution is 0.634. The third kappa shape index (κ3) is 5.09. The highest BCUT2D eigenvalue weighted by atomic mass is 16.4. The van der Waals surface area contributed by atoms with E-state index in [1.807, 2.05) is 24.3 Å². The van der Waals surface area contributed by atoms with Crippen molar-refractivity contribution in [3.8, 4) is 11.1 Å². The van der Waals surface area contributed by atoms with Gasteiger partial charge >= 0.3 is 0 Å². The Bertz CT molecular complexity index is 4720. The van der Waals surface area contributed by atoms with Gasteiger partial charge in [0.1, 0.15) is 33.5 Å². The van der Waals surface area contributed by atoms with Gasteiger partial charge in [0.25, 0.3) is 0 Å². The Morgan fingerprint density at radius 1 is 0.348 bits per heavy atom. The number of para-hydroxylation sites is 4. The Kier molecular flexibility index (Phi) is 7.18. The maximum Gasteiger partial charge on any atom is 0.178 e. The summed E-state index contributed by atoms with van der Waals surface area (Å²) in [5, 5.41) is 13.0. The zero-order chi connectivity index (χ0) is 45.1. The molecule has 0 amide bonds. The number of furan rings is 4. The molecule has 0 unspecified atom stereocenters. The molecule has 6 heteroatoms. The predicted octanol–water partition coefficient (Wildman–Crippen LogP) is 18.8.